The maximum atomic E-state index is 13.2. The molecule has 174 valence electrons. The molecular weight excluding hydrogens is 454 g/mol. The van der Waals surface area contributed by atoms with Gasteiger partial charge in [-0.1, -0.05) is 11.8 Å². The Morgan fingerprint density at radius 3 is 2.79 bits per heavy atom. The van der Waals surface area contributed by atoms with E-state index in [0.29, 0.717) is 17.7 Å². The van der Waals surface area contributed by atoms with Crippen molar-refractivity contribution in [2.75, 3.05) is 12.4 Å². The van der Waals surface area contributed by atoms with Gasteiger partial charge in [0.15, 0.2) is 0 Å². The van der Waals surface area contributed by atoms with Gasteiger partial charge in [0.05, 0.1) is 30.0 Å². The minimum absolute atomic E-state index is 0.00616. The fourth-order valence-electron chi connectivity index (χ4n) is 3.29. The van der Waals surface area contributed by atoms with Crippen LogP contribution in [0.2, 0.25) is 0 Å². The molecule has 0 aromatic carbocycles. The predicted octanol–water partition coefficient (Wildman–Crippen LogP) is 3.38. The van der Waals surface area contributed by atoms with Crippen LogP contribution in [0.4, 0.5) is 13.6 Å². The average molecular weight is 477 g/mol. The molecular formula is C21H22F2N6O3S. The van der Waals surface area contributed by atoms with Gasteiger partial charge in [-0.3, -0.25) is 4.68 Å². The first-order valence-electron chi connectivity index (χ1n) is 10.1. The number of aryl methyl sites for hydroxylation is 2. The molecule has 0 spiro atoms. The van der Waals surface area contributed by atoms with Crippen LogP contribution in [0.15, 0.2) is 34.8 Å². The number of pyridine rings is 1. The van der Waals surface area contributed by atoms with Gasteiger partial charge in [0, 0.05) is 29.8 Å². The number of urea groups is 1. The lowest BCUT2D eigenvalue weighted by atomic mass is 9.98. The highest BCUT2D eigenvalue weighted by molar-refractivity contribution is 7.99. The summed E-state index contributed by atoms with van der Waals surface area (Å²) < 4.78 is 33.3. The van der Waals surface area contributed by atoms with E-state index in [9.17, 15) is 23.6 Å². The number of nitriles is 1. The zero-order chi connectivity index (χ0) is 24.1. The van der Waals surface area contributed by atoms with E-state index in [0.717, 1.165) is 11.8 Å². The molecule has 0 saturated heterocycles. The third kappa shape index (κ3) is 5.31. The van der Waals surface area contributed by atoms with Crippen LogP contribution in [0, 0.1) is 18.3 Å². The van der Waals surface area contributed by atoms with Crippen molar-refractivity contribution in [2.24, 2.45) is 0 Å². The lowest BCUT2D eigenvalue weighted by Crippen LogP contribution is -2.46. The number of nitrogens with one attached hydrogen (secondary N) is 2. The summed E-state index contributed by atoms with van der Waals surface area (Å²) in [6.07, 6.45) is 0.461. The number of rotatable bonds is 8. The quantitative estimate of drug-likeness (QED) is 0.442. The van der Waals surface area contributed by atoms with E-state index in [-0.39, 0.29) is 34.2 Å². The van der Waals surface area contributed by atoms with Crippen molar-refractivity contribution in [3.8, 4) is 6.07 Å². The van der Waals surface area contributed by atoms with Crippen LogP contribution in [0.25, 0.3) is 0 Å². The summed E-state index contributed by atoms with van der Waals surface area (Å²) in [6, 6.07) is 1.79. The van der Waals surface area contributed by atoms with Crippen molar-refractivity contribution in [3.05, 3.63) is 52.1 Å². The van der Waals surface area contributed by atoms with Gasteiger partial charge in [-0.15, -0.1) is 0 Å². The summed E-state index contributed by atoms with van der Waals surface area (Å²) in [4.78, 5) is 29.1. The van der Waals surface area contributed by atoms with Gasteiger partial charge in [0.2, 0.25) is 0 Å². The Bertz CT molecular complexity index is 1140. The Morgan fingerprint density at radius 1 is 1.42 bits per heavy atom. The topological polar surface area (TPSA) is 122 Å². The van der Waals surface area contributed by atoms with Gasteiger partial charge in [-0.2, -0.15) is 10.4 Å². The first-order valence-corrected chi connectivity index (χ1v) is 11.1. The highest BCUT2D eigenvalue weighted by atomic mass is 32.2. The van der Waals surface area contributed by atoms with Gasteiger partial charge in [0.25, 0.3) is 6.43 Å². The van der Waals surface area contributed by atoms with Gasteiger partial charge in [-0.25, -0.2) is 23.4 Å². The van der Waals surface area contributed by atoms with Crippen molar-refractivity contribution in [1.29, 1.82) is 5.26 Å². The van der Waals surface area contributed by atoms with Crippen LogP contribution in [0.1, 0.15) is 48.7 Å². The Morgan fingerprint density at radius 2 is 2.18 bits per heavy atom. The second-order valence-electron chi connectivity index (χ2n) is 7.02. The number of hydrogen-bond donors (Lipinski definition) is 2. The number of halogens is 2. The molecule has 0 aliphatic carbocycles. The average Bonchev–Trinajstić information content (AvgIpc) is 3.26. The molecule has 2 aromatic rings. The van der Waals surface area contributed by atoms with Crippen molar-refractivity contribution in [1.82, 2.24) is 25.4 Å². The zero-order valence-corrected chi connectivity index (χ0v) is 19.0. The lowest BCUT2D eigenvalue weighted by Gasteiger charge is -2.28. The Labute approximate surface area is 193 Å². The second kappa shape index (κ2) is 10.4. The first kappa shape index (κ1) is 24.2. The highest BCUT2D eigenvalue weighted by Crippen LogP contribution is 2.32. The summed E-state index contributed by atoms with van der Waals surface area (Å²) in [5, 5.41) is 19.1. The molecule has 0 unspecified atom stereocenters. The third-order valence-corrected chi connectivity index (χ3v) is 5.85. The van der Waals surface area contributed by atoms with Crippen LogP contribution in [-0.2, 0) is 16.1 Å². The van der Waals surface area contributed by atoms with Crippen molar-refractivity contribution in [3.63, 3.8) is 0 Å². The van der Waals surface area contributed by atoms with Crippen molar-refractivity contribution >= 4 is 23.8 Å². The standard InChI is InChI=1S/C21H22F2N6O3S/c1-4-29-9-12(8-25-29)17-16(20(30)32-5-2)15(27-21(31)28-17)10-33-19-13(7-24)11(3)6-14(26-19)18(22)23/h6,8-9,17-18H,4-5,10H2,1-3H3,(H2,27,28,31)/t17-/m0/s1. The van der Waals surface area contributed by atoms with E-state index < -0.39 is 30.2 Å². The van der Waals surface area contributed by atoms with Gasteiger partial charge < -0.3 is 15.4 Å². The normalized spacial score (nSPS) is 15.8. The number of alkyl halides is 2. The number of hydrogen-bond acceptors (Lipinski definition) is 7. The minimum Gasteiger partial charge on any atom is -0.463 e. The summed E-state index contributed by atoms with van der Waals surface area (Å²) >= 11 is 0.976. The SMILES string of the molecule is CCOC(=O)C1=C(CSc2nc(C(F)F)cc(C)c2C#N)NC(=O)N[C@H]1c1cnn(CC)c1. The monoisotopic (exact) mass is 476 g/mol. The molecule has 0 fully saturated rings. The molecule has 33 heavy (non-hydrogen) atoms. The molecule has 1 atom stereocenters. The molecule has 2 N–H and O–H groups in total. The maximum absolute atomic E-state index is 13.2. The highest BCUT2D eigenvalue weighted by Gasteiger charge is 2.34. The van der Waals surface area contributed by atoms with E-state index in [4.69, 9.17) is 4.74 Å². The zero-order valence-electron chi connectivity index (χ0n) is 18.2. The number of nitrogens with zero attached hydrogens (tertiary/aromatic N) is 4. The largest absolute Gasteiger partial charge is 0.463 e. The van der Waals surface area contributed by atoms with Gasteiger partial charge in [0.1, 0.15) is 16.8 Å². The number of ether oxygens (including phenoxy) is 1. The lowest BCUT2D eigenvalue weighted by molar-refractivity contribution is -0.139. The number of carbonyl (C=O) groups excluding carboxylic acids is 2. The molecule has 0 saturated carbocycles. The number of esters is 1. The summed E-state index contributed by atoms with van der Waals surface area (Å²) in [7, 11) is 0. The van der Waals surface area contributed by atoms with Gasteiger partial charge in [-0.05, 0) is 32.4 Å². The van der Waals surface area contributed by atoms with Gasteiger partial charge >= 0.3 is 12.0 Å². The molecule has 9 nitrogen and oxygen atoms in total. The molecule has 2 amide bonds. The summed E-state index contributed by atoms with van der Waals surface area (Å²) in [6.45, 7) is 5.83. The molecule has 1 aliphatic rings. The third-order valence-electron chi connectivity index (χ3n) is 4.85. The predicted molar refractivity (Wildman–Crippen MR) is 115 cm³/mol. The Balaban J connectivity index is 2.02. The van der Waals surface area contributed by atoms with Crippen LogP contribution in [0.3, 0.4) is 0 Å². The summed E-state index contributed by atoms with van der Waals surface area (Å²) in [5.41, 5.74) is 1.06. The molecule has 3 rings (SSSR count). The van der Waals surface area contributed by atoms with Crippen LogP contribution in [-0.4, -0.2) is 39.1 Å². The van der Waals surface area contributed by atoms with E-state index in [1.165, 1.54) is 6.07 Å². The molecule has 0 bridgehead atoms. The second-order valence-corrected chi connectivity index (χ2v) is 7.98. The maximum Gasteiger partial charge on any atom is 0.338 e. The fourth-order valence-corrected chi connectivity index (χ4v) is 4.32. The van der Waals surface area contributed by atoms with Crippen LogP contribution in [0.5, 0.6) is 0 Å². The molecule has 3 heterocycles. The Kier molecular flexibility index (Phi) is 7.65. The fraction of sp³-hybridized carbons (Fsp3) is 0.381. The molecule has 2 aromatic heterocycles. The minimum atomic E-state index is -2.80. The van der Waals surface area contributed by atoms with Crippen LogP contribution < -0.4 is 10.6 Å². The first-order chi connectivity index (χ1) is 15.8. The Hall–Kier alpha value is -3.46. The number of thioether (sulfide) groups is 1. The number of amides is 2. The van der Waals surface area contributed by atoms with E-state index >= 15 is 0 Å². The smallest absolute Gasteiger partial charge is 0.338 e. The summed E-state index contributed by atoms with van der Waals surface area (Å²) in [5.74, 6) is -0.644. The molecule has 12 heteroatoms. The van der Waals surface area contributed by atoms with Crippen molar-refractivity contribution < 1.29 is 23.1 Å². The number of carbonyl (C=O) groups is 2. The molecule has 0 radical (unpaired) electrons. The molecule has 1 aliphatic heterocycles. The van der Waals surface area contributed by atoms with Crippen molar-refractivity contribution in [2.45, 2.75) is 44.8 Å². The number of aromatic nitrogens is 3. The van der Waals surface area contributed by atoms with E-state index in [1.54, 1.807) is 30.9 Å². The van der Waals surface area contributed by atoms with E-state index in [1.807, 2.05) is 13.0 Å². The van der Waals surface area contributed by atoms with E-state index in [2.05, 4.69) is 20.7 Å². The van der Waals surface area contributed by atoms with Crippen LogP contribution >= 0.6 is 11.8 Å².